The number of hydrogen-bond donors (Lipinski definition) is 2. The predicted octanol–water partition coefficient (Wildman–Crippen LogP) is 4.94. The zero-order valence-electron chi connectivity index (χ0n) is 17.9. The van der Waals surface area contributed by atoms with E-state index >= 15 is 0 Å². The first-order valence-corrected chi connectivity index (χ1v) is 10.2. The molecular weight excluding hydrogens is 330 g/mol. The van der Waals surface area contributed by atoms with Crippen molar-refractivity contribution in [3.63, 3.8) is 0 Å². The summed E-state index contributed by atoms with van der Waals surface area (Å²) in [5.74, 6) is -2.08. The fraction of sp³-hybridized carbons (Fsp3) is 0.905. The Morgan fingerprint density at radius 2 is 1.12 bits per heavy atom. The van der Waals surface area contributed by atoms with Gasteiger partial charge in [-0.15, -0.1) is 0 Å². The molecule has 0 aromatic carbocycles. The first kappa shape index (κ1) is 24.9. The van der Waals surface area contributed by atoms with Crippen molar-refractivity contribution in [1.82, 2.24) is 0 Å². The van der Waals surface area contributed by atoms with Gasteiger partial charge in [-0.3, -0.25) is 4.79 Å². The maximum Gasteiger partial charge on any atom is 0.366 e. The average Bonchev–Trinajstić information content (AvgIpc) is 2.50. The van der Waals surface area contributed by atoms with Crippen LogP contribution in [0.5, 0.6) is 0 Å². The van der Waals surface area contributed by atoms with Crippen LogP contribution in [-0.4, -0.2) is 53.3 Å². The molecule has 1 unspecified atom stereocenters. The van der Waals surface area contributed by atoms with Crippen LogP contribution in [0.2, 0.25) is 0 Å². The highest BCUT2D eigenvalue weighted by atomic mass is 16.4. The van der Waals surface area contributed by atoms with Crippen molar-refractivity contribution in [3.05, 3.63) is 0 Å². The van der Waals surface area contributed by atoms with Crippen molar-refractivity contribution < 1.29 is 24.3 Å². The molecule has 1 atom stereocenters. The van der Waals surface area contributed by atoms with Crippen LogP contribution in [0, 0.1) is 5.41 Å². The van der Waals surface area contributed by atoms with Gasteiger partial charge in [-0.1, -0.05) is 64.7 Å². The fourth-order valence-corrected chi connectivity index (χ4v) is 4.19. The second-order valence-corrected chi connectivity index (χ2v) is 9.04. The van der Waals surface area contributed by atoms with E-state index in [0.29, 0.717) is 6.42 Å². The second-order valence-electron chi connectivity index (χ2n) is 9.04. The summed E-state index contributed by atoms with van der Waals surface area (Å²) in [5.41, 5.74) is -2.70. The monoisotopic (exact) mass is 372 g/mol. The Balaban J connectivity index is 4.66. The molecule has 0 radical (unpaired) electrons. The molecule has 0 amide bonds. The third-order valence-corrected chi connectivity index (χ3v) is 5.96. The smallest absolute Gasteiger partial charge is 0.366 e. The van der Waals surface area contributed by atoms with Gasteiger partial charge in [-0.05, 0) is 20.3 Å². The van der Waals surface area contributed by atoms with Gasteiger partial charge in [0.15, 0.2) is 0 Å². The van der Waals surface area contributed by atoms with E-state index in [2.05, 4.69) is 6.92 Å². The van der Waals surface area contributed by atoms with E-state index in [4.69, 9.17) is 0 Å². The number of carboxylic acid groups (broad SMARTS) is 2. The SMILES string of the molecule is CCCCCCCCCCCCC(C(=O)O)(C(C)(C)C(=O)O)[N+](C)(C)C. The van der Waals surface area contributed by atoms with E-state index in [1.807, 2.05) is 0 Å². The summed E-state index contributed by atoms with van der Waals surface area (Å²) in [7, 11) is 5.36. The Morgan fingerprint density at radius 3 is 1.42 bits per heavy atom. The minimum absolute atomic E-state index is 0.0963. The standard InChI is InChI=1S/C21H41NO4/c1-7-8-9-10-11-12-13-14-15-16-17-21(19(25)26,22(4,5)6)20(2,3)18(23)24/h7-17H2,1-6H3,(H-,23,24,25,26)/p+1. The van der Waals surface area contributed by atoms with Crippen molar-refractivity contribution in [3.8, 4) is 0 Å². The van der Waals surface area contributed by atoms with E-state index in [1.54, 1.807) is 35.0 Å². The number of aliphatic carboxylic acids is 2. The van der Waals surface area contributed by atoms with Gasteiger partial charge in [-0.25, -0.2) is 4.79 Å². The number of hydrogen-bond acceptors (Lipinski definition) is 2. The van der Waals surface area contributed by atoms with Gasteiger partial charge < -0.3 is 14.7 Å². The molecule has 0 fully saturated rings. The van der Waals surface area contributed by atoms with Crippen molar-refractivity contribution in [1.29, 1.82) is 0 Å². The number of nitrogens with zero attached hydrogens (tertiary/aromatic N) is 1. The van der Waals surface area contributed by atoms with Crippen molar-refractivity contribution in [2.45, 2.75) is 96.9 Å². The Labute approximate surface area is 160 Å². The van der Waals surface area contributed by atoms with Crippen molar-refractivity contribution in [2.24, 2.45) is 5.41 Å². The molecule has 154 valence electrons. The maximum absolute atomic E-state index is 12.2. The van der Waals surface area contributed by atoms with Gasteiger partial charge in [-0.2, -0.15) is 0 Å². The molecule has 0 spiro atoms. The number of quaternary nitrogens is 1. The highest BCUT2D eigenvalue weighted by Crippen LogP contribution is 2.43. The van der Waals surface area contributed by atoms with Gasteiger partial charge in [0.05, 0.1) is 21.1 Å². The van der Waals surface area contributed by atoms with Crippen molar-refractivity contribution >= 4 is 11.9 Å². The highest BCUT2D eigenvalue weighted by Gasteiger charge is 2.64. The summed E-state index contributed by atoms with van der Waals surface area (Å²) in [5, 5.41) is 19.7. The molecule has 5 heteroatoms. The summed E-state index contributed by atoms with van der Waals surface area (Å²) in [4.78, 5) is 24.1. The summed E-state index contributed by atoms with van der Waals surface area (Å²) in [6.45, 7) is 5.31. The predicted molar refractivity (Wildman–Crippen MR) is 106 cm³/mol. The summed E-state index contributed by atoms with van der Waals surface area (Å²) in [6.07, 6.45) is 12.1. The van der Waals surface area contributed by atoms with Crippen LogP contribution in [0.25, 0.3) is 0 Å². The quantitative estimate of drug-likeness (QED) is 0.315. The molecule has 0 aromatic rings. The Hall–Kier alpha value is -1.10. The maximum atomic E-state index is 12.2. The molecule has 0 saturated heterocycles. The zero-order valence-corrected chi connectivity index (χ0v) is 17.9. The van der Waals surface area contributed by atoms with Gasteiger partial charge in [0.25, 0.3) is 0 Å². The summed E-state index contributed by atoms with van der Waals surface area (Å²) in [6, 6.07) is 0. The Morgan fingerprint density at radius 1 is 0.731 bits per heavy atom. The molecule has 2 N–H and O–H groups in total. The molecule has 0 saturated carbocycles. The van der Waals surface area contributed by atoms with E-state index in [1.165, 1.54) is 44.9 Å². The third-order valence-electron chi connectivity index (χ3n) is 5.96. The third kappa shape index (κ3) is 6.26. The van der Waals surface area contributed by atoms with Crippen LogP contribution in [0.4, 0.5) is 0 Å². The molecule has 0 heterocycles. The zero-order chi connectivity index (χ0) is 20.4. The molecule has 0 aliphatic rings. The lowest BCUT2D eigenvalue weighted by Crippen LogP contribution is -2.71. The second kappa shape index (κ2) is 10.9. The molecule has 5 nitrogen and oxygen atoms in total. The normalized spacial score (nSPS) is 14.8. The van der Waals surface area contributed by atoms with E-state index in [0.717, 1.165) is 19.3 Å². The average molecular weight is 373 g/mol. The van der Waals surface area contributed by atoms with Crippen molar-refractivity contribution in [2.75, 3.05) is 21.1 Å². The van der Waals surface area contributed by atoms with Gasteiger partial charge in [0.2, 0.25) is 5.54 Å². The Bertz CT molecular complexity index is 440. The molecular formula is C21H42NO4+. The number of likely N-dealkylation sites (N-methyl/N-ethyl adjacent to an activating group) is 1. The van der Waals surface area contributed by atoms with Crippen LogP contribution in [0.15, 0.2) is 0 Å². The summed E-state index contributed by atoms with van der Waals surface area (Å²) >= 11 is 0. The first-order chi connectivity index (χ1) is 11.9. The highest BCUT2D eigenvalue weighted by molar-refractivity contribution is 5.88. The first-order valence-electron chi connectivity index (χ1n) is 10.2. The van der Waals surface area contributed by atoms with Gasteiger partial charge >= 0.3 is 11.9 Å². The van der Waals surface area contributed by atoms with Crippen LogP contribution < -0.4 is 0 Å². The lowest BCUT2D eigenvalue weighted by molar-refractivity contribution is -0.921. The van der Waals surface area contributed by atoms with Crippen LogP contribution in [0.1, 0.15) is 91.4 Å². The van der Waals surface area contributed by atoms with E-state index < -0.39 is 22.9 Å². The molecule has 0 aliphatic heterocycles. The molecule has 0 aromatic heterocycles. The topological polar surface area (TPSA) is 74.6 Å². The number of carboxylic acids is 2. The lowest BCUT2D eigenvalue weighted by atomic mass is 9.67. The minimum Gasteiger partial charge on any atom is -0.481 e. The number of rotatable bonds is 15. The lowest BCUT2D eigenvalue weighted by Gasteiger charge is -2.49. The number of carbonyl (C=O) groups is 2. The fourth-order valence-electron chi connectivity index (χ4n) is 4.19. The van der Waals surface area contributed by atoms with E-state index in [9.17, 15) is 19.8 Å². The molecule has 26 heavy (non-hydrogen) atoms. The minimum atomic E-state index is -1.35. The molecule has 0 aliphatic carbocycles. The molecule has 0 bridgehead atoms. The summed E-state index contributed by atoms with van der Waals surface area (Å²) < 4.78 is 0.0963. The largest absolute Gasteiger partial charge is 0.481 e. The van der Waals surface area contributed by atoms with Gasteiger partial charge in [0, 0.05) is 6.42 Å². The Kier molecular flexibility index (Phi) is 10.4. The van der Waals surface area contributed by atoms with Crippen LogP contribution >= 0.6 is 0 Å². The van der Waals surface area contributed by atoms with Crippen LogP contribution in [-0.2, 0) is 9.59 Å². The van der Waals surface area contributed by atoms with E-state index in [-0.39, 0.29) is 4.48 Å². The van der Waals surface area contributed by atoms with Gasteiger partial charge in [0.1, 0.15) is 5.41 Å². The molecule has 0 rings (SSSR count). The number of unbranched alkanes of at least 4 members (excludes halogenated alkanes) is 9. The van der Waals surface area contributed by atoms with Crippen LogP contribution in [0.3, 0.4) is 0 Å².